The van der Waals surface area contributed by atoms with Crippen LogP contribution >= 0.6 is 0 Å². The first-order chi connectivity index (χ1) is 9.34. The van der Waals surface area contributed by atoms with E-state index in [1.54, 1.807) is 0 Å². The Morgan fingerprint density at radius 1 is 0.684 bits per heavy atom. The van der Waals surface area contributed by atoms with E-state index in [1.165, 1.54) is 0 Å². The van der Waals surface area contributed by atoms with Gasteiger partial charge in [-0.2, -0.15) is 0 Å². The molecule has 2 aromatic rings. The summed E-state index contributed by atoms with van der Waals surface area (Å²) in [5.74, 6) is 0.0737. The summed E-state index contributed by atoms with van der Waals surface area (Å²) in [5.41, 5.74) is 3.76. The third-order valence-corrected chi connectivity index (χ3v) is 3.18. The second-order valence-electron chi connectivity index (χ2n) is 4.45. The maximum Gasteiger partial charge on any atom is -0.0184 e. The smallest absolute Gasteiger partial charge is 0.0184 e. The molecule has 0 amide bonds. The molecule has 1 aliphatic carbocycles. The summed E-state index contributed by atoms with van der Waals surface area (Å²) in [6, 6.07) is 17.9. The van der Waals surface area contributed by atoms with Gasteiger partial charge in [0.1, 0.15) is 0 Å². The van der Waals surface area contributed by atoms with Crippen molar-refractivity contribution in [1.29, 1.82) is 0 Å². The zero-order valence-electron chi connectivity index (χ0n) is 10.4. The molecule has 0 saturated carbocycles. The highest BCUT2D eigenvalue weighted by atomic mass is 16.3. The Kier molecular flexibility index (Phi) is 3.03. The molecule has 0 unspecified atom stereocenters. The van der Waals surface area contributed by atoms with Gasteiger partial charge in [0.2, 0.25) is 0 Å². The van der Waals surface area contributed by atoms with Crippen LogP contribution in [0, 0.1) is 0 Å². The molecule has 0 heterocycles. The van der Waals surface area contributed by atoms with E-state index < -0.39 is 0 Å². The Balaban J connectivity index is 1.94. The van der Waals surface area contributed by atoms with Crippen LogP contribution in [0.1, 0.15) is 5.56 Å². The highest BCUT2D eigenvalue weighted by Crippen LogP contribution is 2.23. The van der Waals surface area contributed by atoms with Crippen molar-refractivity contribution in [1.82, 2.24) is 0 Å². The fourth-order valence-corrected chi connectivity index (χ4v) is 2.14. The molecule has 3 rings (SSSR count). The molecule has 0 N–H and O–H groups in total. The van der Waals surface area contributed by atoms with Crippen molar-refractivity contribution in [3.05, 3.63) is 90.0 Å². The van der Waals surface area contributed by atoms with Crippen LogP contribution in [0.5, 0.6) is 0 Å². The van der Waals surface area contributed by atoms with Crippen molar-refractivity contribution in [3.63, 3.8) is 0 Å². The van der Waals surface area contributed by atoms with E-state index in [-0.39, 0.29) is 5.76 Å². The molecule has 2 aromatic carbocycles. The van der Waals surface area contributed by atoms with Gasteiger partial charge in [0.25, 0.3) is 0 Å². The van der Waals surface area contributed by atoms with Crippen LogP contribution in [0.15, 0.2) is 84.5 Å². The first-order valence-corrected chi connectivity index (χ1v) is 6.26. The largest absolute Gasteiger partial charge is 0.872 e. The number of rotatable bonds is 2. The molecule has 0 aromatic heterocycles. The van der Waals surface area contributed by atoms with Crippen molar-refractivity contribution in [2.45, 2.75) is 0 Å². The van der Waals surface area contributed by atoms with Gasteiger partial charge in [0.05, 0.1) is 0 Å². The van der Waals surface area contributed by atoms with Gasteiger partial charge in [-0.25, -0.2) is 0 Å². The lowest BCUT2D eigenvalue weighted by Crippen LogP contribution is -2.04. The quantitative estimate of drug-likeness (QED) is 0.742. The van der Waals surface area contributed by atoms with E-state index >= 15 is 0 Å². The molecule has 0 bridgehead atoms. The van der Waals surface area contributed by atoms with Crippen molar-refractivity contribution in [3.8, 4) is 11.1 Å². The summed E-state index contributed by atoms with van der Waals surface area (Å²) in [5, 5.41) is 12.2. The number of benzene rings is 2. The predicted molar refractivity (Wildman–Crippen MR) is 77.1 cm³/mol. The lowest BCUT2D eigenvalue weighted by atomic mass is 10.0. The molecule has 1 heteroatoms. The van der Waals surface area contributed by atoms with Gasteiger partial charge < -0.3 is 5.11 Å². The third-order valence-electron chi connectivity index (χ3n) is 3.18. The summed E-state index contributed by atoms with van der Waals surface area (Å²) < 4.78 is 0. The fourth-order valence-electron chi connectivity index (χ4n) is 2.14. The summed E-state index contributed by atoms with van der Waals surface area (Å²) >= 11 is 0. The minimum absolute atomic E-state index is 0.0737. The maximum absolute atomic E-state index is 12.2. The Hall–Kier alpha value is -2.54. The molecule has 19 heavy (non-hydrogen) atoms. The first kappa shape index (κ1) is 11.5. The molecule has 0 aliphatic heterocycles. The average molecular weight is 245 g/mol. The number of allylic oxidation sites excluding steroid dienone is 5. The zero-order chi connectivity index (χ0) is 13.1. The topological polar surface area (TPSA) is 23.1 Å². The molecular weight excluding hydrogens is 232 g/mol. The predicted octanol–water partition coefficient (Wildman–Crippen LogP) is 3.55. The summed E-state index contributed by atoms with van der Waals surface area (Å²) in [6.07, 6.45) is 7.44. The van der Waals surface area contributed by atoms with Crippen LogP contribution in [0.25, 0.3) is 16.9 Å². The molecular formula is C18H13O-. The van der Waals surface area contributed by atoms with Gasteiger partial charge in [-0.1, -0.05) is 84.7 Å². The second kappa shape index (κ2) is 4.99. The molecule has 0 fully saturated rings. The van der Waals surface area contributed by atoms with E-state index in [2.05, 4.69) is 12.1 Å². The van der Waals surface area contributed by atoms with Crippen molar-refractivity contribution < 1.29 is 5.11 Å². The maximum atomic E-state index is 12.2. The first-order valence-electron chi connectivity index (χ1n) is 6.26. The van der Waals surface area contributed by atoms with Crippen LogP contribution in [-0.4, -0.2) is 0 Å². The molecule has 0 atom stereocenters. The van der Waals surface area contributed by atoms with Gasteiger partial charge >= 0.3 is 0 Å². The Morgan fingerprint density at radius 3 is 1.89 bits per heavy atom. The normalized spacial score (nSPS) is 12.9. The van der Waals surface area contributed by atoms with Gasteiger partial charge in [0, 0.05) is 0 Å². The zero-order valence-corrected chi connectivity index (χ0v) is 10.4. The lowest BCUT2D eigenvalue weighted by Gasteiger charge is -2.15. The van der Waals surface area contributed by atoms with E-state index in [0.29, 0.717) is 0 Å². The molecule has 1 nitrogen and oxygen atoms in total. The number of hydrogen-bond donors (Lipinski definition) is 0. The van der Waals surface area contributed by atoms with Crippen LogP contribution in [-0.2, 0) is 0 Å². The van der Waals surface area contributed by atoms with E-state index in [4.69, 9.17) is 0 Å². The molecule has 0 spiro atoms. The van der Waals surface area contributed by atoms with Gasteiger partial charge in [-0.15, -0.1) is 0 Å². The minimum Gasteiger partial charge on any atom is -0.872 e. The highest BCUT2D eigenvalue weighted by molar-refractivity contribution is 5.71. The Bertz CT molecular complexity index is 645. The number of hydrogen-bond acceptors (Lipinski definition) is 1. The van der Waals surface area contributed by atoms with Crippen LogP contribution in [0.3, 0.4) is 0 Å². The highest BCUT2D eigenvalue weighted by Gasteiger charge is 2.00. The Morgan fingerprint density at radius 2 is 1.26 bits per heavy atom. The van der Waals surface area contributed by atoms with Crippen LogP contribution < -0.4 is 5.11 Å². The van der Waals surface area contributed by atoms with Crippen molar-refractivity contribution in [2.24, 2.45) is 0 Å². The van der Waals surface area contributed by atoms with E-state index in [0.717, 1.165) is 22.3 Å². The minimum atomic E-state index is 0.0737. The standard InChI is InChI=1S/C18H14O/c19-18(16-8-4-5-9-16)17-12-10-15(11-13-17)14-6-2-1-3-7-14/h1-13,19H/p-1. The average Bonchev–Trinajstić information content (AvgIpc) is 3.02. The Labute approximate surface area is 112 Å². The van der Waals surface area contributed by atoms with E-state index in [1.807, 2.05) is 66.8 Å². The van der Waals surface area contributed by atoms with E-state index in [9.17, 15) is 5.11 Å². The summed E-state index contributed by atoms with van der Waals surface area (Å²) in [6.45, 7) is 0. The van der Waals surface area contributed by atoms with Gasteiger partial charge in [-0.05, 0) is 22.3 Å². The molecule has 92 valence electrons. The SMILES string of the molecule is [O-]C(=C1C=CC=C1)c1ccc(-c2ccccc2)cc1. The fraction of sp³-hybridized carbons (Fsp3) is 0. The monoisotopic (exact) mass is 245 g/mol. The van der Waals surface area contributed by atoms with Crippen molar-refractivity contribution in [2.75, 3.05) is 0 Å². The molecule has 0 radical (unpaired) electrons. The summed E-state index contributed by atoms with van der Waals surface area (Å²) in [7, 11) is 0. The van der Waals surface area contributed by atoms with Crippen LogP contribution in [0.4, 0.5) is 0 Å². The van der Waals surface area contributed by atoms with Gasteiger partial charge in [0.15, 0.2) is 0 Å². The second-order valence-corrected chi connectivity index (χ2v) is 4.45. The third kappa shape index (κ3) is 2.36. The summed E-state index contributed by atoms with van der Waals surface area (Å²) in [4.78, 5) is 0. The van der Waals surface area contributed by atoms with Gasteiger partial charge in [-0.3, -0.25) is 0 Å². The lowest BCUT2D eigenvalue weighted by molar-refractivity contribution is -0.244. The molecule has 1 aliphatic rings. The van der Waals surface area contributed by atoms with Crippen molar-refractivity contribution >= 4 is 5.76 Å². The van der Waals surface area contributed by atoms with Crippen LogP contribution in [0.2, 0.25) is 0 Å². The molecule has 0 saturated heterocycles.